The first kappa shape index (κ1) is 29.4. The number of unbranched alkanes of at least 4 members (excludes halogenated alkanes) is 1. The molecule has 1 fully saturated rings. The first-order chi connectivity index (χ1) is 16.2. The SMILES string of the molecule is C[C@@H]1C[C@H](Cc2ccccc2F)CN(c2c(Cl)cc(C(=O)NCCCCN(C)C)cc2Cl)C1=O.Cl. The third-order valence-electron chi connectivity index (χ3n) is 6.15. The van der Waals surface area contributed by atoms with Crippen molar-refractivity contribution in [3.63, 3.8) is 0 Å². The standard InChI is InChI=1S/C26H32Cl2FN3O2.ClH/c1-17-12-18(13-19-8-4-5-9-23(19)29)16-32(26(17)34)24-21(27)14-20(15-22(24)28)25(33)30-10-6-7-11-31(2)3;/h4-5,8-9,14-15,17-18H,6-7,10-13,16H2,1-3H3,(H,30,33);1H/t17-,18-;/m1./s1. The lowest BCUT2D eigenvalue weighted by atomic mass is 9.85. The van der Waals surface area contributed by atoms with Crippen LogP contribution in [-0.2, 0) is 11.2 Å². The smallest absolute Gasteiger partial charge is 0.251 e. The van der Waals surface area contributed by atoms with Crippen LogP contribution in [0.15, 0.2) is 36.4 Å². The number of benzene rings is 2. The minimum atomic E-state index is -0.254. The van der Waals surface area contributed by atoms with Gasteiger partial charge in [0.2, 0.25) is 5.91 Å². The Morgan fingerprint density at radius 1 is 1.17 bits per heavy atom. The van der Waals surface area contributed by atoms with Crippen molar-refractivity contribution in [2.75, 3.05) is 38.6 Å². The molecule has 0 radical (unpaired) electrons. The van der Waals surface area contributed by atoms with Crippen molar-refractivity contribution in [3.8, 4) is 0 Å². The lowest BCUT2D eigenvalue weighted by Gasteiger charge is -2.37. The molecule has 0 saturated carbocycles. The molecule has 5 nitrogen and oxygen atoms in total. The molecule has 2 amide bonds. The molecule has 1 saturated heterocycles. The van der Waals surface area contributed by atoms with Gasteiger partial charge in [0.05, 0.1) is 15.7 Å². The third-order valence-corrected chi connectivity index (χ3v) is 6.72. The predicted octanol–water partition coefficient (Wildman–Crippen LogP) is 5.86. The van der Waals surface area contributed by atoms with Gasteiger partial charge in [0, 0.05) is 24.6 Å². The van der Waals surface area contributed by atoms with Crippen LogP contribution in [0.5, 0.6) is 0 Å². The molecule has 35 heavy (non-hydrogen) atoms. The predicted molar refractivity (Wildman–Crippen MR) is 144 cm³/mol. The summed E-state index contributed by atoms with van der Waals surface area (Å²) in [5, 5.41) is 3.39. The van der Waals surface area contributed by atoms with E-state index in [1.165, 1.54) is 6.07 Å². The lowest BCUT2D eigenvalue weighted by molar-refractivity contribution is -0.124. The van der Waals surface area contributed by atoms with Crippen LogP contribution >= 0.6 is 35.6 Å². The maximum absolute atomic E-state index is 14.2. The quantitative estimate of drug-likeness (QED) is 0.403. The van der Waals surface area contributed by atoms with E-state index in [1.54, 1.807) is 29.2 Å². The molecule has 0 bridgehead atoms. The number of nitrogens with zero attached hydrogens (tertiary/aromatic N) is 2. The summed E-state index contributed by atoms with van der Waals surface area (Å²) in [6, 6.07) is 9.80. The van der Waals surface area contributed by atoms with E-state index in [0.29, 0.717) is 42.7 Å². The highest BCUT2D eigenvalue weighted by molar-refractivity contribution is 6.40. The van der Waals surface area contributed by atoms with E-state index in [2.05, 4.69) is 10.2 Å². The minimum Gasteiger partial charge on any atom is -0.352 e. The highest BCUT2D eigenvalue weighted by Crippen LogP contribution is 2.39. The number of carbonyl (C=O) groups excluding carboxylic acids is 2. The zero-order chi connectivity index (χ0) is 24.8. The number of anilines is 1. The molecule has 3 rings (SSSR count). The largest absolute Gasteiger partial charge is 0.352 e. The van der Waals surface area contributed by atoms with Crippen LogP contribution in [0.1, 0.15) is 42.1 Å². The summed E-state index contributed by atoms with van der Waals surface area (Å²) in [5.41, 5.74) is 1.39. The molecule has 0 aliphatic carbocycles. The van der Waals surface area contributed by atoms with Crippen LogP contribution in [0.25, 0.3) is 0 Å². The summed E-state index contributed by atoms with van der Waals surface area (Å²) < 4.78 is 14.2. The second-order valence-corrected chi connectivity index (χ2v) is 10.1. The Labute approximate surface area is 223 Å². The summed E-state index contributed by atoms with van der Waals surface area (Å²) in [5.74, 6) is -0.765. The molecule has 0 unspecified atom stereocenters. The lowest BCUT2D eigenvalue weighted by Crippen LogP contribution is -2.45. The normalized spacial score (nSPS) is 17.9. The molecule has 2 aromatic carbocycles. The highest BCUT2D eigenvalue weighted by Gasteiger charge is 2.35. The summed E-state index contributed by atoms with van der Waals surface area (Å²) in [6.07, 6.45) is 3.03. The van der Waals surface area contributed by atoms with Gasteiger partial charge in [-0.3, -0.25) is 9.59 Å². The van der Waals surface area contributed by atoms with E-state index in [9.17, 15) is 14.0 Å². The summed E-state index contributed by atoms with van der Waals surface area (Å²) in [6.45, 7) is 3.77. The van der Waals surface area contributed by atoms with Crippen LogP contribution in [0.2, 0.25) is 10.0 Å². The first-order valence-corrected chi connectivity index (χ1v) is 12.4. The van der Waals surface area contributed by atoms with E-state index in [4.69, 9.17) is 23.2 Å². The van der Waals surface area contributed by atoms with Crippen molar-refractivity contribution in [2.45, 2.75) is 32.6 Å². The van der Waals surface area contributed by atoms with Gasteiger partial charge in [-0.15, -0.1) is 12.4 Å². The average molecular weight is 545 g/mol. The molecule has 1 heterocycles. The van der Waals surface area contributed by atoms with Crippen molar-refractivity contribution in [3.05, 3.63) is 63.4 Å². The fourth-order valence-electron chi connectivity index (χ4n) is 4.43. The number of rotatable bonds is 9. The van der Waals surface area contributed by atoms with E-state index in [0.717, 1.165) is 19.4 Å². The number of hydrogen-bond acceptors (Lipinski definition) is 3. The van der Waals surface area contributed by atoms with Crippen LogP contribution in [0, 0.1) is 17.7 Å². The number of carbonyl (C=O) groups is 2. The number of hydrogen-bond donors (Lipinski definition) is 1. The van der Waals surface area contributed by atoms with Crippen molar-refractivity contribution in [2.24, 2.45) is 11.8 Å². The number of halogens is 4. The molecule has 1 aliphatic heterocycles. The van der Waals surface area contributed by atoms with Crippen molar-refractivity contribution in [1.82, 2.24) is 10.2 Å². The Kier molecular flexibility index (Phi) is 11.3. The average Bonchev–Trinajstić information content (AvgIpc) is 2.77. The minimum absolute atomic E-state index is 0. The Hall–Kier alpha value is -1.86. The maximum atomic E-state index is 14.2. The molecule has 1 aliphatic rings. The van der Waals surface area contributed by atoms with Gasteiger partial charge < -0.3 is 15.1 Å². The molecular formula is C26H33Cl3FN3O2. The Morgan fingerprint density at radius 2 is 1.83 bits per heavy atom. The van der Waals surface area contributed by atoms with Crippen molar-refractivity contribution < 1.29 is 14.0 Å². The maximum Gasteiger partial charge on any atom is 0.251 e. The molecule has 0 spiro atoms. The van der Waals surface area contributed by atoms with E-state index < -0.39 is 0 Å². The van der Waals surface area contributed by atoms with Gasteiger partial charge in [-0.1, -0.05) is 48.3 Å². The summed E-state index contributed by atoms with van der Waals surface area (Å²) in [4.78, 5) is 29.3. The van der Waals surface area contributed by atoms with Crippen molar-refractivity contribution >= 4 is 53.1 Å². The summed E-state index contributed by atoms with van der Waals surface area (Å²) in [7, 11) is 4.03. The molecule has 2 aromatic rings. The van der Waals surface area contributed by atoms with Gasteiger partial charge in [0.25, 0.3) is 5.91 Å². The third kappa shape index (κ3) is 7.81. The molecule has 1 N–H and O–H groups in total. The Morgan fingerprint density at radius 3 is 2.46 bits per heavy atom. The zero-order valence-corrected chi connectivity index (χ0v) is 22.6. The molecule has 0 aromatic heterocycles. The van der Waals surface area contributed by atoms with Gasteiger partial charge >= 0.3 is 0 Å². The van der Waals surface area contributed by atoms with Gasteiger partial charge in [0.1, 0.15) is 5.82 Å². The Bertz CT molecular complexity index is 1010. The fraction of sp³-hybridized carbons (Fsp3) is 0.462. The molecule has 192 valence electrons. The van der Waals surface area contributed by atoms with E-state index >= 15 is 0 Å². The van der Waals surface area contributed by atoms with Gasteiger partial charge in [-0.2, -0.15) is 0 Å². The van der Waals surface area contributed by atoms with Gasteiger partial charge in [-0.05, 0) is 76.0 Å². The Balaban J connectivity index is 0.00000432. The molecular weight excluding hydrogens is 512 g/mol. The number of amides is 2. The van der Waals surface area contributed by atoms with Gasteiger partial charge in [0.15, 0.2) is 0 Å². The van der Waals surface area contributed by atoms with Gasteiger partial charge in [-0.25, -0.2) is 4.39 Å². The topological polar surface area (TPSA) is 52.7 Å². The summed E-state index contributed by atoms with van der Waals surface area (Å²) >= 11 is 13.1. The van der Waals surface area contributed by atoms with Crippen LogP contribution in [-0.4, -0.2) is 50.4 Å². The number of piperidine rings is 1. The first-order valence-electron chi connectivity index (χ1n) is 11.6. The highest BCUT2D eigenvalue weighted by atomic mass is 35.5. The number of nitrogens with one attached hydrogen (secondary N) is 1. The fourth-order valence-corrected chi connectivity index (χ4v) is 5.12. The second-order valence-electron chi connectivity index (χ2n) is 9.30. The van der Waals surface area contributed by atoms with Crippen LogP contribution in [0.4, 0.5) is 10.1 Å². The monoisotopic (exact) mass is 543 g/mol. The van der Waals surface area contributed by atoms with Crippen LogP contribution in [0.3, 0.4) is 0 Å². The molecule has 9 heteroatoms. The zero-order valence-electron chi connectivity index (χ0n) is 20.3. The molecule has 2 atom stereocenters. The second kappa shape index (κ2) is 13.4. The van der Waals surface area contributed by atoms with Crippen LogP contribution < -0.4 is 10.2 Å². The van der Waals surface area contributed by atoms with E-state index in [-0.39, 0.29) is 51.9 Å². The van der Waals surface area contributed by atoms with E-state index in [1.807, 2.05) is 27.1 Å². The van der Waals surface area contributed by atoms with Crippen molar-refractivity contribution in [1.29, 1.82) is 0 Å².